The summed E-state index contributed by atoms with van der Waals surface area (Å²) in [5.41, 5.74) is 2.63. The molecule has 36 heavy (non-hydrogen) atoms. The Labute approximate surface area is 220 Å². The van der Waals surface area contributed by atoms with Gasteiger partial charge in [0.25, 0.3) is 0 Å². The van der Waals surface area contributed by atoms with Crippen LogP contribution in [-0.2, 0) is 22.5 Å². The third-order valence-corrected chi connectivity index (χ3v) is 6.66. The summed E-state index contributed by atoms with van der Waals surface area (Å²) in [5.74, 6) is 0.784. The maximum absolute atomic E-state index is 12.2. The van der Waals surface area contributed by atoms with E-state index >= 15 is 0 Å². The second kappa shape index (κ2) is 18.0. The van der Waals surface area contributed by atoms with Crippen LogP contribution in [0.4, 0.5) is 0 Å². The molecule has 4 nitrogen and oxygen atoms in total. The second-order valence-electron chi connectivity index (χ2n) is 10.7. The normalized spacial score (nSPS) is 11.4. The molecule has 0 radical (unpaired) electrons. The first-order valence-corrected chi connectivity index (χ1v) is 14.2. The minimum absolute atomic E-state index is 0.128. The number of unbranched alkanes of at least 4 members (excludes halogenated alkanes) is 8. The Bertz CT molecular complexity index is 834. The van der Waals surface area contributed by atoms with Gasteiger partial charge in [-0.3, -0.25) is 4.79 Å². The van der Waals surface area contributed by atoms with Crippen molar-refractivity contribution in [2.75, 3.05) is 33.9 Å². The number of aryl methyl sites for hydroxylation is 1. The topological polar surface area (TPSA) is 35.5 Å². The van der Waals surface area contributed by atoms with Crippen LogP contribution >= 0.6 is 0 Å². The van der Waals surface area contributed by atoms with Gasteiger partial charge < -0.3 is 14.0 Å². The molecular formula is C32H50NO3+. The minimum Gasteiger partial charge on any atom is -0.493 e. The number of hydrogen-bond acceptors (Lipinski definition) is 3. The quantitative estimate of drug-likeness (QED) is 0.107. The van der Waals surface area contributed by atoms with Gasteiger partial charge in [-0.1, -0.05) is 101 Å². The van der Waals surface area contributed by atoms with Gasteiger partial charge in [-0.15, -0.1) is 0 Å². The van der Waals surface area contributed by atoms with Crippen LogP contribution in [0.15, 0.2) is 54.6 Å². The zero-order chi connectivity index (χ0) is 25.9. The predicted octanol–water partition coefficient (Wildman–Crippen LogP) is 7.74. The zero-order valence-electron chi connectivity index (χ0n) is 23.2. The van der Waals surface area contributed by atoms with E-state index in [2.05, 4.69) is 63.5 Å². The van der Waals surface area contributed by atoms with Gasteiger partial charge >= 0.3 is 5.97 Å². The first-order chi connectivity index (χ1) is 17.5. The van der Waals surface area contributed by atoms with Gasteiger partial charge in [-0.2, -0.15) is 0 Å². The number of benzene rings is 2. The van der Waals surface area contributed by atoms with E-state index in [9.17, 15) is 4.79 Å². The van der Waals surface area contributed by atoms with E-state index in [4.69, 9.17) is 9.47 Å². The van der Waals surface area contributed by atoms with Gasteiger partial charge in [0, 0.05) is 12.0 Å². The Kier molecular flexibility index (Phi) is 14.9. The van der Waals surface area contributed by atoms with Gasteiger partial charge in [0.2, 0.25) is 0 Å². The van der Waals surface area contributed by atoms with Crippen LogP contribution in [0.3, 0.4) is 0 Å². The molecule has 2 rings (SSSR count). The Hall–Kier alpha value is -2.33. The van der Waals surface area contributed by atoms with Crippen LogP contribution in [0.1, 0.15) is 88.7 Å². The van der Waals surface area contributed by atoms with Crippen LogP contribution < -0.4 is 4.74 Å². The predicted molar refractivity (Wildman–Crippen MR) is 150 cm³/mol. The van der Waals surface area contributed by atoms with Gasteiger partial charge in [-0.25, -0.2) is 0 Å². The first kappa shape index (κ1) is 29.9. The molecule has 2 aromatic rings. The van der Waals surface area contributed by atoms with E-state index in [1.807, 2.05) is 12.1 Å². The molecule has 0 aliphatic rings. The van der Waals surface area contributed by atoms with Gasteiger partial charge in [0.05, 0.1) is 40.3 Å². The van der Waals surface area contributed by atoms with Crippen molar-refractivity contribution >= 4 is 5.97 Å². The van der Waals surface area contributed by atoms with Crippen molar-refractivity contribution < 1.29 is 18.8 Å². The van der Waals surface area contributed by atoms with Crippen LogP contribution in [0.25, 0.3) is 0 Å². The lowest BCUT2D eigenvalue weighted by atomic mass is 10.0. The largest absolute Gasteiger partial charge is 0.493 e. The molecule has 0 amide bonds. The summed E-state index contributed by atoms with van der Waals surface area (Å²) in [4.78, 5) is 12.2. The summed E-state index contributed by atoms with van der Waals surface area (Å²) in [6.07, 6.45) is 14.4. The number of quaternary nitrogens is 1. The van der Waals surface area contributed by atoms with E-state index in [0.717, 1.165) is 29.7 Å². The van der Waals surface area contributed by atoms with E-state index in [1.165, 1.54) is 68.9 Å². The maximum atomic E-state index is 12.2. The third kappa shape index (κ3) is 14.3. The van der Waals surface area contributed by atoms with E-state index in [-0.39, 0.29) is 5.97 Å². The zero-order valence-corrected chi connectivity index (χ0v) is 23.2. The standard InChI is InChI=1S/C32H50NO3/c1-4-5-6-7-8-9-10-11-13-18-29-21-16-22-31(27-29)35-25-17-26-36-32(34)23-24-33(2,3)28-30-19-14-12-15-20-30/h12,14-16,19-22,27H,4-11,13,17-18,23-26,28H2,1-3H3/q+1. The molecule has 0 saturated heterocycles. The highest BCUT2D eigenvalue weighted by Crippen LogP contribution is 2.17. The van der Waals surface area contributed by atoms with Crippen LogP contribution in [0.2, 0.25) is 0 Å². The second-order valence-corrected chi connectivity index (χ2v) is 10.7. The minimum atomic E-state index is -0.128. The number of nitrogens with zero attached hydrogens (tertiary/aromatic N) is 1. The van der Waals surface area contributed by atoms with E-state index in [1.54, 1.807) is 0 Å². The summed E-state index contributed by atoms with van der Waals surface area (Å²) < 4.78 is 12.1. The highest BCUT2D eigenvalue weighted by atomic mass is 16.5. The molecule has 0 aliphatic heterocycles. The lowest BCUT2D eigenvalue weighted by molar-refractivity contribution is -0.903. The Morgan fingerprint density at radius 3 is 2.14 bits per heavy atom. The summed E-state index contributed by atoms with van der Waals surface area (Å²) in [7, 11) is 4.30. The Balaban J connectivity index is 1.52. The Morgan fingerprint density at radius 2 is 1.42 bits per heavy atom. The molecule has 0 fully saturated rings. The smallest absolute Gasteiger partial charge is 0.311 e. The van der Waals surface area contributed by atoms with Crippen molar-refractivity contribution in [3.8, 4) is 5.75 Å². The van der Waals surface area contributed by atoms with Crippen molar-refractivity contribution in [1.29, 1.82) is 0 Å². The number of esters is 1. The third-order valence-electron chi connectivity index (χ3n) is 6.66. The summed E-state index contributed by atoms with van der Waals surface area (Å²) >= 11 is 0. The molecule has 0 bridgehead atoms. The average molecular weight is 497 g/mol. The fourth-order valence-corrected chi connectivity index (χ4v) is 4.49. The molecular weight excluding hydrogens is 446 g/mol. The monoisotopic (exact) mass is 496 g/mol. The number of ether oxygens (including phenoxy) is 2. The fourth-order valence-electron chi connectivity index (χ4n) is 4.49. The molecule has 0 unspecified atom stereocenters. The number of carbonyl (C=O) groups excluding carboxylic acids is 1. The lowest BCUT2D eigenvalue weighted by Gasteiger charge is -2.29. The molecule has 4 heteroatoms. The molecule has 0 saturated carbocycles. The van der Waals surface area contributed by atoms with Crippen LogP contribution in [0, 0.1) is 0 Å². The van der Waals surface area contributed by atoms with Crippen molar-refractivity contribution in [3.05, 3.63) is 65.7 Å². The average Bonchev–Trinajstić information content (AvgIpc) is 2.87. The number of rotatable bonds is 20. The van der Waals surface area contributed by atoms with E-state index in [0.29, 0.717) is 26.1 Å². The molecule has 2 aromatic carbocycles. The van der Waals surface area contributed by atoms with Crippen molar-refractivity contribution in [2.24, 2.45) is 0 Å². The van der Waals surface area contributed by atoms with Crippen molar-refractivity contribution in [2.45, 2.75) is 90.5 Å². The highest BCUT2D eigenvalue weighted by Gasteiger charge is 2.18. The SMILES string of the molecule is CCCCCCCCCCCc1cccc(OCCCOC(=O)CC[N+](C)(C)Cc2ccccc2)c1. The number of hydrogen-bond donors (Lipinski definition) is 0. The van der Waals surface area contributed by atoms with Crippen LogP contribution in [-0.4, -0.2) is 44.3 Å². The van der Waals surface area contributed by atoms with Gasteiger partial charge in [0.15, 0.2) is 0 Å². The number of carbonyl (C=O) groups is 1. The van der Waals surface area contributed by atoms with Crippen molar-refractivity contribution in [1.82, 2.24) is 0 Å². The lowest BCUT2D eigenvalue weighted by Crippen LogP contribution is -2.40. The van der Waals surface area contributed by atoms with Crippen LogP contribution in [0.5, 0.6) is 5.75 Å². The first-order valence-electron chi connectivity index (χ1n) is 14.2. The summed E-state index contributed by atoms with van der Waals surface area (Å²) in [6.45, 7) is 4.90. The molecule has 0 spiro atoms. The van der Waals surface area contributed by atoms with Gasteiger partial charge in [0.1, 0.15) is 12.3 Å². The molecule has 0 aliphatic carbocycles. The molecule has 200 valence electrons. The van der Waals surface area contributed by atoms with Gasteiger partial charge in [-0.05, 0) is 30.5 Å². The Morgan fingerprint density at radius 1 is 0.750 bits per heavy atom. The fraction of sp³-hybridized carbons (Fsp3) is 0.594. The highest BCUT2D eigenvalue weighted by molar-refractivity contribution is 5.69. The molecule has 0 N–H and O–H groups in total. The van der Waals surface area contributed by atoms with Crippen molar-refractivity contribution in [3.63, 3.8) is 0 Å². The molecule has 0 atom stereocenters. The summed E-state index contributed by atoms with van der Waals surface area (Å²) in [6, 6.07) is 18.8. The maximum Gasteiger partial charge on any atom is 0.311 e. The molecule has 0 aromatic heterocycles. The summed E-state index contributed by atoms with van der Waals surface area (Å²) in [5, 5.41) is 0. The van der Waals surface area contributed by atoms with E-state index < -0.39 is 0 Å². The molecule has 0 heterocycles.